The van der Waals surface area contributed by atoms with E-state index in [0.717, 1.165) is 35.8 Å². The second-order valence-electron chi connectivity index (χ2n) is 6.19. The van der Waals surface area contributed by atoms with Crippen LogP contribution in [0.1, 0.15) is 38.2 Å². The Morgan fingerprint density at radius 1 is 1.08 bits per heavy atom. The minimum absolute atomic E-state index is 0.192. The molecule has 0 aliphatic heterocycles. The van der Waals surface area contributed by atoms with Crippen molar-refractivity contribution in [3.8, 4) is 0 Å². The highest BCUT2D eigenvalue weighted by molar-refractivity contribution is 5.75. The highest BCUT2D eigenvalue weighted by Gasteiger charge is 2.10. The summed E-state index contributed by atoms with van der Waals surface area (Å²) in [5.41, 5.74) is -0.367. The number of rotatable bonds is 9. The van der Waals surface area contributed by atoms with Gasteiger partial charge >= 0.3 is 5.69 Å². The van der Waals surface area contributed by atoms with E-state index in [2.05, 4.69) is 12.2 Å². The van der Waals surface area contributed by atoms with Gasteiger partial charge in [-0.1, -0.05) is 38.3 Å². The smallest absolute Gasteiger partial charge is 0.331 e. The predicted molar refractivity (Wildman–Crippen MR) is 97.6 cm³/mol. The van der Waals surface area contributed by atoms with Crippen LogP contribution in [-0.4, -0.2) is 21.6 Å². The summed E-state index contributed by atoms with van der Waals surface area (Å²) in [6, 6.07) is 7.00. The molecule has 0 spiro atoms. The Morgan fingerprint density at radius 3 is 2.50 bits per heavy atom. The van der Waals surface area contributed by atoms with Gasteiger partial charge < -0.3 is 5.32 Å². The van der Waals surface area contributed by atoms with Gasteiger partial charge in [-0.15, -0.1) is 0 Å². The molecule has 1 aromatic heterocycles. The van der Waals surface area contributed by atoms with Crippen molar-refractivity contribution in [3.05, 3.63) is 68.7 Å². The van der Waals surface area contributed by atoms with Crippen LogP contribution in [0.15, 0.2) is 46.1 Å². The van der Waals surface area contributed by atoms with Gasteiger partial charge in [0, 0.05) is 18.8 Å². The number of nitrogens with one attached hydrogen (secondary N) is 1. The van der Waals surface area contributed by atoms with Gasteiger partial charge in [0.1, 0.15) is 12.4 Å². The second-order valence-corrected chi connectivity index (χ2v) is 6.19. The molecule has 6 nitrogen and oxygen atoms in total. The number of nitrogens with zero attached hydrogens (tertiary/aromatic N) is 2. The minimum Gasteiger partial charge on any atom is -0.355 e. The zero-order chi connectivity index (χ0) is 18.9. The minimum atomic E-state index is -0.567. The lowest BCUT2D eigenvalue weighted by Gasteiger charge is -2.10. The summed E-state index contributed by atoms with van der Waals surface area (Å²) in [6.45, 7) is 2.52. The molecule has 1 aromatic carbocycles. The number of amides is 1. The largest absolute Gasteiger partial charge is 0.355 e. The molecule has 0 bridgehead atoms. The van der Waals surface area contributed by atoms with Crippen molar-refractivity contribution in [2.75, 3.05) is 6.54 Å². The highest BCUT2D eigenvalue weighted by atomic mass is 19.1. The van der Waals surface area contributed by atoms with Gasteiger partial charge in [-0.05, 0) is 24.1 Å². The number of unbranched alkanes of at least 4 members (excludes halogenated alkanes) is 3. The molecule has 140 valence electrons. The van der Waals surface area contributed by atoms with Crippen LogP contribution in [0.5, 0.6) is 0 Å². The van der Waals surface area contributed by atoms with E-state index in [9.17, 15) is 18.8 Å². The quantitative estimate of drug-likeness (QED) is 0.693. The number of carbonyl (C=O) groups is 1. The molecule has 0 saturated heterocycles. The van der Waals surface area contributed by atoms with Gasteiger partial charge in [0.15, 0.2) is 0 Å². The van der Waals surface area contributed by atoms with E-state index >= 15 is 0 Å². The number of hydrogen-bond donors (Lipinski definition) is 1. The third-order valence-electron chi connectivity index (χ3n) is 4.06. The monoisotopic (exact) mass is 361 g/mol. The molecule has 1 heterocycles. The fourth-order valence-electron chi connectivity index (χ4n) is 2.59. The van der Waals surface area contributed by atoms with E-state index in [1.807, 2.05) is 0 Å². The average molecular weight is 361 g/mol. The van der Waals surface area contributed by atoms with Crippen LogP contribution in [0.25, 0.3) is 0 Å². The topological polar surface area (TPSA) is 73.1 Å². The zero-order valence-corrected chi connectivity index (χ0v) is 14.9. The van der Waals surface area contributed by atoms with E-state index in [0.29, 0.717) is 6.54 Å². The predicted octanol–water partition coefficient (Wildman–Crippen LogP) is 1.89. The van der Waals surface area contributed by atoms with Crippen molar-refractivity contribution in [2.24, 2.45) is 0 Å². The molecule has 0 radical (unpaired) electrons. The van der Waals surface area contributed by atoms with Crippen LogP contribution in [0.4, 0.5) is 4.39 Å². The number of halogens is 1. The van der Waals surface area contributed by atoms with E-state index in [1.54, 1.807) is 12.1 Å². The highest BCUT2D eigenvalue weighted by Crippen LogP contribution is 2.03. The van der Waals surface area contributed by atoms with Crippen molar-refractivity contribution in [1.82, 2.24) is 14.5 Å². The van der Waals surface area contributed by atoms with Gasteiger partial charge in [-0.25, -0.2) is 9.18 Å². The van der Waals surface area contributed by atoms with Crippen molar-refractivity contribution < 1.29 is 9.18 Å². The van der Waals surface area contributed by atoms with Gasteiger partial charge in [-0.2, -0.15) is 0 Å². The first kappa shape index (κ1) is 19.6. The van der Waals surface area contributed by atoms with Crippen LogP contribution in [0.2, 0.25) is 0 Å². The molecule has 7 heteroatoms. The van der Waals surface area contributed by atoms with Crippen LogP contribution >= 0.6 is 0 Å². The lowest BCUT2D eigenvalue weighted by atomic mass is 10.2. The number of hydrogen-bond acceptors (Lipinski definition) is 3. The molecule has 0 aliphatic rings. The van der Waals surface area contributed by atoms with E-state index < -0.39 is 11.2 Å². The molecular weight excluding hydrogens is 337 g/mol. The molecule has 0 unspecified atom stereocenters. The van der Waals surface area contributed by atoms with Crippen molar-refractivity contribution in [2.45, 2.75) is 45.7 Å². The third-order valence-corrected chi connectivity index (χ3v) is 4.06. The van der Waals surface area contributed by atoms with Gasteiger partial charge in [0.2, 0.25) is 5.91 Å². The van der Waals surface area contributed by atoms with Crippen LogP contribution < -0.4 is 16.6 Å². The summed E-state index contributed by atoms with van der Waals surface area (Å²) in [5.74, 6) is -0.720. The maximum absolute atomic E-state index is 13.0. The first-order valence-corrected chi connectivity index (χ1v) is 8.82. The molecule has 1 amide bonds. The molecule has 0 aliphatic carbocycles. The number of benzene rings is 1. The third kappa shape index (κ3) is 5.68. The summed E-state index contributed by atoms with van der Waals surface area (Å²) < 4.78 is 15.2. The molecule has 26 heavy (non-hydrogen) atoms. The van der Waals surface area contributed by atoms with Gasteiger partial charge in [0.05, 0.1) is 6.54 Å². The molecule has 2 rings (SSSR count). The van der Waals surface area contributed by atoms with Gasteiger partial charge in [0.25, 0.3) is 5.56 Å². The summed E-state index contributed by atoms with van der Waals surface area (Å²) in [5, 5.41) is 2.73. The maximum atomic E-state index is 13.0. The molecule has 1 N–H and O–H groups in total. The number of aromatic nitrogens is 2. The summed E-state index contributed by atoms with van der Waals surface area (Å²) >= 11 is 0. The maximum Gasteiger partial charge on any atom is 0.331 e. The standard InChI is InChI=1S/C19H24FN3O3/c1-2-3-4-5-11-21-17(24)14-23-18(25)10-12-22(19(23)26)13-15-6-8-16(20)9-7-15/h6-10,12H,2-5,11,13-14H2,1H3,(H,21,24). The summed E-state index contributed by atoms with van der Waals surface area (Å²) in [6.07, 6.45) is 5.51. The fourth-order valence-corrected chi connectivity index (χ4v) is 2.59. The van der Waals surface area contributed by atoms with E-state index in [1.165, 1.54) is 29.0 Å². The second kappa shape index (κ2) is 9.70. The first-order chi connectivity index (χ1) is 12.5. The van der Waals surface area contributed by atoms with E-state index in [4.69, 9.17) is 0 Å². The normalized spacial score (nSPS) is 10.7. The Morgan fingerprint density at radius 2 is 1.81 bits per heavy atom. The SMILES string of the molecule is CCCCCCNC(=O)Cn1c(=O)ccn(Cc2ccc(F)cc2)c1=O. The van der Waals surface area contributed by atoms with Crippen LogP contribution in [-0.2, 0) is 17.9 Å². The Kier molecular flexibility index (Phi) is 7.32. The Labute approximate surface area is 151 Å². The molecular formula is C19H24FN3O3. The average Bonchev–Trinajstić information content (AvgIpc) is 2.62. The lowest BCUT2D eigenvalue weighted by molar-refractivity contribution is -0.121. The lowest BCUT2D eigenvalue weighted by Crippen LogP contribution is -2.43. The van der Waals surface area contributed by atoms with Crippen molar-refractivity contribution in [1.29, 1.82) is 0 Å². The van der Waals surface area contributed by atoms with Crippen molar-refractivity contribution >= 4 is 5.91 Å². The summed E-state index contributed by atoms with van der Waals surface area (Å²) in [7, 11) is 0. The fraction of sp³-hybridized carbons (Fsp3) is 0.421. The van der Waals surface area contributed by atoms with Gasteiger partial charge in [-0.3, -0.25) is 18.7 Å². The van der Waals surface area contributed by atoms with Crippen molar-refractivity contribution in [3.63, 3.8) is 0 Å². The number of carbonyl (C=O) groups excluding carboxylic acids is 1. The van der Waals surface area contributed by atoms with E-state index in [-0.39, 0.29) is 24.8 Å². The van der Waals surface area contributed by atoms with Crippen LogP contribution in [0.3, 0.4) is 0 Å². The molecule has 0 saturated carbocycles. The zero-order valence-electron chi connectivity index (χ0n) is 14.9. The Bertz CT molecular complexity index is 840. The molecule has 0 fully saturated rings. The molecule has 2 aromatic rings. The Hall–Kier alpha value is -2.70. The molecule has 0 atom stereocenters. The first-order valence-electron chi connectivity index (χ1n) is 8.82. The van der Waals surface area contributed by atoms with Crippen LogP contribution in [0, 0.1) is 5.82 Å². The Balaban J connectivity index is 2.04. The summed E-state index contributed by atoms with van der Waals surface area (Å²) in [4.78, 5) is 36.4.